The van der Waals surface area contributed by atoms with Gasteiger partial charge in [-0.25, -0.2) is 9.78 Å². The quantitative estimate of drug-likeness (QED) is 0.671. The van der Waals surface area contributed by atoms with E-state index in [1.807, 2.05) is 55.6 Å². The summed E-state index contributed by atoms with van der Waals surface area (Å²) in [5, 5.41) is 0. The number of amides is 1. The molecule has 0 aliphatic carbocycles. The third kappa shape index (κ3) is 4.03. The van der Waals surface area contributed by atoms with Crippen LogP contribution in [-0.2, 0) is 16.1 Å². The monoisotopic (exact) mass is 337 g/mol. The molecule has 0 spiro atoms. The molecule has 0 aliphatic rings. The van der Waals surface area contributed by atoms with Gasteiger partial charge in [-0.1, -0.05) is 30.3 Å². The number of esters is 1. The second-order valence-corrected chi connectivity index (χ2v) is 5.91. The molecule has 0 saturated carbocycles. The molecule has 1 aromatic carbocycles. The van der Waals surface area contributed by atoms with Crippen LogP contribution in [0.3, 0.4) is 0 Å². The molecule has 2 aromatic heterocycles. The molecule has 3 aromatic rings. The predicted octanol–water partition coefficient (Wildman–Crippen LogP) is 2.46. The predicted molar refractivity (Wildman–Crippen MR) is 93.1 cm³/mol. The van der Waals surface area contributed by atoms with Gasteiger partial charge in [0.2, 0.25) is 0 Å². The summed E-state index contributed by atoms with van der Waals surface area (Å²) < 4.78 is 6.85. The van der Waals surface area contributed by atoms with Gasteiger partial charge in [0.1, 0.15) is 5.65 Å². The molecule has 6 nitrogen and oxygen atoms in total. The molecular formula is C19H19N3O3. The Kier molecular flexibility index (Phi) is 4.79. The van der Waals surface area contributed by atoms with Crippen LogP contribution in [-0.4, -0.2) is 39.8 Å². The number of aryl methyl sites for hydroxylation is 1. The molecule has 0 N–H and O–H groups in total. The molecule has 0 unspecified atom stereocenters. The minimum atomic E-state index is -0.609. The minimum absolute atomic E-state index is 0.184. The summed E-state index contributed by atoms with van der Waals surface area (Å²) in [4.78, 5) is 30.0. The van der Waals surface area contributed by atoms with Crippen molar-refractivity contribution in [3.63, 3.8) is 0 Å². The van der Waals surface area contributed by atoms with Crippen LogP contribution in [0.5, 0.6) is 0 Å². The molecule has 0 aliphatic heterocycles. The number of fused-ring (bicyclic) bond motifs is 1. The minimum Gasteiger partial charge on any atom is -0.451 e. The lowest BCUT2D eigenvalue weighted by molar-refractivity contribution is -0.133. The van der Waals surface area contributed by atoms with Gasteiger partial charge in [0.15, 0.2) is 12.3 Å². The van der Waals surface area contributed by atoms with E-state index in [9.17, 15) is 9.59 Å². The van der Waals surface area contributed by atoms with Crippen molar-refractivity contribution in [2.45, 2.75) is 13.5 Å². The van der Waals surface area contributed by atoms with Gasteiger partial charge in [0, 0.05) is 26.0 Å². The number of carbonyl (C=O) groups is 2. The van der Waals surface area contributed by atoms with Crippen LogP contribution >= 0.6 is 0 Å². The Balaban J connectivity index is 1.58. The first kappa shape index (κ1) is 16.7. The van der Waals surface area contributed by atoms with Crippen molar-refractivity contribution in [3.8, 4) is 0 Å². The van der Waals surface area contributed by atoms with E-state index in [-0.39, 0.29) is 18.2 Å². The Hall–Kier alpha value is -3.15. The van der Waals surface area contributed by atoms with E-state index >= 15 is 0 Å². The van der Waals surface area contributed by atoms with Crippen molar-refractivity contribution in [1.82, 2.24) is 14.3 Å². The van der Waals surface area contributed by atoms with Gasteiger partial charge in [0.05, 0.1) is 0 Å². The van der Waals surface area contributed by atoms with Gasteiger partial charge in [0.25, 0.3) is 5.91 Å². The number of ether oxygens (including phenoxy) is 1. The average molecular weight is 337 g/mol. The molecule has 0 bridgehead atoms. The van der Waals surface area contributed by atoms with Crippen LogP contribution in [0.1, 0.15) is 21.6 Å². The molecular weight excluding hydrogens is 318 g/mol. The lowest BCUT2D eigenvalue weighted by Gasteiger charge is -2.16. The fourth-order valence-electron chi connectivity index (χ4n) is 2.44. The third-order valence-electron chi connectivity index (χ3n) is 3.84. The first-order chi connectivity index (χ1) is 12.0. The molecule has 128 valence electrons. The van der Waals surface area contributed by atoms with Gasteiger partial charge in [-0.2, -0.15) is 0 Å². The molecule has 0 atom stereocenters. The largest absolute Gasteiger partial charge is 0.451 e. The maximum Gasteiger partial charge on any atom is 0.359 e. The summed E-state index contributed by atoms with van der Waals surface area (Å²) in [5.74, 6) is -0.875. The van der Waals surface area contributed by atoms with E-state index in [1.165, 1.54) is 4.90 Å². The molecule has 6 heteroatoms. The summed E-state index contributed by atoms with van der Waals surface area (Å²) in [5.41, 5.74) is 2.92. The van der Waals surface area contributed by atoms with E-state index in [4.69, 9.17) is 4.74 Å². The molecule has 3 rings (SSSR count). The summed E-state index contributed by atoms with van der Waals surface area (Å²) in [6.07, 6.45) is 3.42. The van der Waals surface area contributed by atoms with Crippen LogP contribution < -0.4 is 0 Å². The Morgan fingerprint density at radius 1 is 1.20 bits per heavy atom. The Labute approximate surface area is 145 Å². The first-order valence-electron chi connectivity index (χ1n) is 7.93. The highest BCUT2D eigenvalue weighted by Gasteiger charge is 2.16. The number of rotatable bonds is 5. The van der Waals surface area contributed by atoms with E-state index in [0.29, 0.717) is 12.2 Å². The zero-order valence-electron chi connectivity index (χ0n) is 14.2. The lowest BCUT2D eigenvalue weighted by Crippen LogP contribution is -2.30. The van der Waals surface area contributed by atoms with E-state index in [1.54, 1.807) is 17.6 Å². The fraction of sp³-hybridized carbons (Fsp3) is 0.211. The highest BCUT2D eigenvalue weighted by molar-refractivity contribution is 5.90. The zero-order chi connectivity index (χ0) is 17.8. The molecule has 0 fully saturated rings. The highest BCUT2D eigenvalue weighted by atomic mass is 16.5. The van der Waals surface area contributed by atoms with Crippen LogP contribution in [0, 0.1) is 6.92 Å². The average Bonchev–Trinajstić information content (AvgIpc) is 3.03. The molecule has 25 heavy (non-hydrogen) atoms. The Morgan fingerprint density at radius 3 is 2.72 bits per heavy atom. The Bertz CT molecular complexity index is 903. The second-order valence-electron chi connectivity index (χ2n) is 5.91. The van der Waals surface area contributed by atoms with Gasteiger partial charge in [-0.15, -0.1) is 0 Å². The summed E-state index contributed by atoms with van der Waals surface area (Å²) in [7, 11) is 1.68. The fourth-order valence-corrected chi connectivity index (χ4v) is 2.44. The van der Waals surface area contributed by atoms with E-state index in [2.05, 4.69) is 4.98 Å². The van der Waals surface area contributed by atoms with Crippen molar-refractivity contribution in [2.24, 2.45) is 0 Å². The number of imidazole rings is 1. The van der Waals surface area contributed by atoms with Gasteiger partial charge >= 0.3 is 5.97 Å². The van der Waals surface area contributed by atoms with Crippen molar-refractivity contribution in [1.29, 1.82) is 0 Å². The number of pyridine rings is 1. The number of hydrogen-bond donors (Lipinski definition) is 0. The number of benzene rings is 1. The SMILES string of the molecule is Cc1ccn2cc(C(=O)OCC(=O)N(C)Cc3ccccc3)nc2c1. The van der Waals surface area contributed by atoms with E-state index < -0.39 is 5.97 Å². The lowest BCUT2D eigenvalue weighted by atomic mass is 10.2. The van der Waals surface area contributed by atoms with E-state index in [0.717, 1.165) is 11.1 Å². The summed E-state index contributed by atoms with van der Waals surface area (Å²) in [6, 6.07) is 13.4. The van der Waals surface area contributed by atoms with Gasteiger partial charge in [-0.05, 0) is 30.2 Å². The second kappa shape index (κ2) is 7.17. The van der Waals surface area contributed by atoms with Gasteiger partial charge in [-0.3, -0.25) is 4.79 Å². The maximum absolute atomic E-state index is 12.1. The van der Waals surface area contributed by atoms with Crippen molar-refractivity contribution >= 4 is 17.5 Å². The van der Waals surface area contributed by atoms with Crippen LogP contribution in [0.25, 0.3) is 5.65 Å². The summed E-state index contributed by atoms with van der Waals surface area (Å²) in [6.45, 7) is 2.11. The normalized spacial score (nSPS) is 10.6. The Morgan fingerprint density at radius 2 is 1.96 bits per heavy atom. The third-order valence-corrected chi connectivity index (χ3v) is 3.84. The maximum atomic E-state index is 12.1. The van der Waals surface area contributed by atoms with Gasteiger partial charge < -0.3 is 14.0 Å². The number of likely N-dealkylation sites (N-methyl/N-ethyl adjacent to an activating group) is 1. The zero-order valence-corrected chi connectivity index (χ0v) is 14.2. The first-order valence-corrected chi connectivity index (χ1v) is 7.93. The number of nitrogens with zero attached hydrogens (tertiary/aromatic N) is 3. The topological polar surface area (TPSA) is 63.9 Å². The molecule has 0 radical (unpaired) electrons. The smallest absolute Gasteiger partial charge is 0.359 e. The number of aromatic nitrogens is 2. The van der Waals surface area contributed by atoms with Crippen molar-refractivity contribution in [3.05, 3.63) is 71.7 Å². The number of carbonyl (C=O) groups excluding carboxylic acids is 2. The van der Waals surface area contributed by atoms with Crippen molar-refractivity contribution in [2.75, 3.05) is 13.7 Å². The summed E-state index contributed by atoms with van der Waals surface area (Å²) >= 11 is 0. The standard InChI is InChI=1S/C19H19N3O3/c1-14-8-9-22-12-16(20-17(22)10-14)19(24)25-13-18(23)21(2)11-15-6-4-3-5-7-15/h3-10,12H,11,13H2,1-2H3. The molecule has 2 heterocycles. The highest BCUT2D eigenvalue weighted by Crippen LogP contribution is 2.09. The van der Waals surface area contributed by atoms with Crippen molar-refractivity contribution < 1.29 is 14.3 Å². The number of hydrogen-bond acceptors (Lipinski definition) is 4. The molecule has 1 amide bonds. The van der Waals surface area contributed by atoms with Crippen LogP contribution in [0.2, 0.25) is 0 Å². The van der Waals surface area contributed by atoms with Crippen LogP contribution in [0.15, 0.2) is 54.9 Å². The van der Waals surface area contributed by atoms with Crippen LogP contribution in [0.4, 0.5) is 0 Å². The molecule has 0 saturated heterocycles.